The van der Waals surface area contributed by atoms with Crippen molar-refractivity contribution < 1.29 is 4.79 Å². The molecule has 0 atom stereocenters. The summed E-state index contributed by atoms with van der Waals surface area (Å²) in [5.74, 6) is -0.0456. The van der Waals surface area contributed by atoms with Crippen LogP contribution in [0.1, 0.15) is 33.7 Å². The molecule has 0 spiro atoms. The first-order chi connectivity index (χ1) is 13.1. The maximum atomic E-state index is 12.7. The molecule has 0 unspecified atom stereocenters. The molecule has 2 N–H and O–H groups in total. The zero-order chi connectivity index (χ0) is 19.2. The first kappa shape index (κ1) is 22.7. The summed E-state index contributed by atoms with van der Waals surface area (Å²) in [7, 11) is 0. The van der Waals surface area contributed by atoms with Gasteiger partial charge < -0.3 is 15.5 Å². The van der Waals surface area contributed by atoms with Gasteiger partial charge in [-0.25, -0.2) is 0 Å². The molecule has 8 heteroatoms. The molecule has 1 aliphatic rings. The first-order valence-corrected chi connectivity index (χ1v) is 9.92. The van der Waals surface area contributed by atoms with Crippen LogP contribution in [-0.4, -0.2) is 59.9 Å². The SMILES string of the molecule is Cc1nn(Cc2ccccc2Cl)c(C)c1C(=O)NCCCN1CCNCC1.Cl. The van der Waals surface area contributed by atoms with Crippen molar-refractivity contribution in [2.24, 2.45) is 0 Å². The summed E-state index contributed by atoms with van der Waals surface area (Å²) >= 11 is 6.26. The number of piperazine rings is 1. The van der Waals surface area contributed by atoms with Crippen LogP contribution in [0, 0.1) is 13.8 Å². The van der Waals surface area contributed by atoms with E-state index >= 15 is 0 Å². The number of hydrogen-bond donors (Lipinski definition) is 2. The van der Waals surface area contributed by atoms with Crippen molar-refractivity contribution in [3.63, 3.8) is 0 Å². The van der Waals surface area contributed by atoms with Gasteiger partial charge in [-0.1, -0.05) is 29.8 Å². The third-order valence-electron chi connectivity index (χ3n) is 5.03. The van der Waals surface area contributed by atoms with Crippen LogP contribution in [0.2, 0.25) is 5.02 Å². The average molecular weight is 426 g/mol. The van der Waals surface area contributed by atoms with Gasteiger partial charge in [-0.3, -0.25) is 9.48 Å². The molecular weight excluding hydrogens is 397 g/mol. The van der Waals surface area contributed by atoms with Gasteiger partial charge in [-0.2, -0.15) is 5.10 Å². The van der Waals surface area contributed by atoms with Crippen molar-refractivity contribution in [3.05, 3.63) is 51.8 Å². The van der Waals surface area contributed by atoms with E-state index in [0.29, 0.717) is 23.7 Å². The third-order valence-corrected chi connectivity index (χ3v) is 5.40. The largest absolute Gasteiger partial charge is 0.352 e. The third kappa shape index (κ3) is 5.70. The number of hydrogen-bond acceptors (Lipinski definition) is 4. The minimum Gasteiger partial charge on any atom is -0.352 e. The molecule has 3 rings (SSSR count). The quantitative estimate of drug-likeness (QED) is 0.669. The highest BCUT2D eigenvalue weighted by atomic mass is 35.5. The lowest BCUT2D eigenvalue weighted by molar-refractivity contribution is 0.0950. The number of aryl methyl sites for hydroxylation is 1. The molecule has 1 aliphatic heterocycles. The van der Waals surface area contributed by atoms with Crippen LogP contribution < -0.4 is 10.6 Å². The molecule has 28 heavy (non-hydrogen) atoms. The van der Waals surface area contributed by atoms with Gasteiger partial charge in [-0.15, -0.1) is 12.4 Å². The molecule has 0 aliphatic carbocycles. The van der Waals surface area contributed by atoms with Crippen molar-refractivity contribution in [3.8, 4) is 0 Å². The van der Waals surface area contributed by atoms with Gasteiger partial charge in [0.05, 0.1) is 17.8 Å². The van der Waals surface area contributed by atoms with Crippen molar-refractivity contribution in [2.45, 2.75) is 26.8 Å². The van der Waals surface area contributed by atoms with E-state index in [9.17, 15) is 4.79 Å². The van der Waals surface area contributed by atoms with Gasteiger partial charge in [-0.05, 0) is 38.4 Å². The molecule has 154 valence electrons. The summed E-state index contributed by atoms with van der Waals surface area (Å²) in [6.45, 7) is 10.3. The maximum absolute atomic E-state index is 12.7. The van der Waals surface area contributed by atoms with E-state index in [-0.39, 0.29) is 18.3 Å². The highest BCUT2D eigenvalue weighted by molar-refractivity contribution is 6.31. The smallest absolute Gasteiger partial charge is 0.255 e. The van der Waals surface area contributed by atoms with Crippen molar-refractivity contribution in [2.75, 3.05) is 39.3 Å². The Morgan fingerprint density at radius 3 is 2.68 bits per heavy atom. The Morgan fingerprint density at radius 1 is 1.25 bits per heavy atom. The molecule has 6 nitrogen and oxygen atoms in total. The summed E-state index contributed by atoms with van der Waals surface area (Å²) in [6, 6.07) is 7.72. The van der Waals surface area contributed by atoms with E-state index < -0.39 is 0 Å². The van der Waals surface area contributed by atoms with Gasteiger partial charge in [0.1, 0.15) is 0 Å². The highest BCUT2D eigenvalue weighted by Gasteiger charge is 2.19. The lowest BCUT2D eigenvalue weighted by Gasteiger charge is -2.27. The van der Waals surface area contributed by atoms with Crippen molar-refractivity contribution >= 4 is 29.9 Å². The van der Waals surface area contributed by atoms with Gasteiger partial charge >= 0.3 is 0 Å². The minimum atomic E-state index is -0.0456. The number of aromatic nitrogens is 2. The van der Waals surface area contributed by atoms with E-state index in [1.807, 2.05) is 42.8 Å². The molecule has 2 heterocycles. The van der Waals surface area contributed by atoms with Crippen LogP contribution in [-0.2, 0) is 6.54 Å². The Labute approximate surface area is 178 Å². The van der Waals surface area contributed by atoms with Crippen LogP contribution in [0.3, 0.4) is 0 Å². The van der Waals surface area contributed by atoms with E-state index in [2.05, 4.69) is 20.6 Å². The second-order valence-electron chi connectivity index (χ2n) is 7.00. The second kappa shape index (κ2) is 10.8. The van der Waals surface area contributed by atoms with Crippen LogP contribution in [0.25, 0.3) is 0 Å². The Balaban J connectivity index is 0.00000280. The van der Waals surface area contributed by atoms with E-state index in [4.69, 9.17) is 11.6 Å². The Kier molecular flexibility index (Phi) is 8.76. The maximum Gasteiger partial charge on any atom is 0.255 e. The first-order valence-electron chi connectivity index (χ1n) is 9.55. The minimum absolute atomic E-state index is 0. The normalized spacial score (nSPS) is 14.5. The van der Waals surface area contributed by atoms with Crippen LogP contribution >= 0.6 is 24.0 Å². The number of carbonyl (C=O) groups is 1. The van der Waals surface area contributed by atoms with E-state index in [1.165, 1.54) is 0 Å². The second-order valence-corrected chi connectivity index (χ2v) is 7.40. The molecule has 1 amide bonds. The number of halogens is 2. The fourth-order valence-electron chi connectivity index (χ4n) is 3.50. The summed E-state index contributed by atoms with van der Waals surface area (Å²) < 4.78 is 1.85. The fraction of sp³-hybridized carbons (Fsp3) is 0.500. The topological polar surface area (TPSA) is 62.2 Å². The summed E-state index contributed by atoms with van der Waals surface area (Å²) in [6.07, 6.45) is 0.956. The van der Waals surface area contributed by atoms with Crippen LogP contribution in [0.4, 0.5) is 0 Å². The van der Waals surface area contributed by atoms with Gasteiger partial charge in [0, 0.05) is 43.4 Å². The molecule has 0 bridgehead atoms. The molecule has 1 saturated heterocycles. The molecule has 1 aromatic heterocycles. The predicted molar refractivity (Wildman–Crippen MR) is 116 cm³/mol. The van der Waals surface area contributed by atoms with E-state index in [0.717, 1.165) is 56.1 Å². The molecule has 0 radical (unpaired) electrons. The number of nitrogens with one attached hydrogen (secondary N) is 2. The Hall–Kier alpha value is -1.60. The van der Waals surface area contributed by atoms with Crippen LogP contribution in [0.5, 0.6) is 0 Å². The summed E-state index contributed by atoms with van der Waals surface area (Å²) in [5, 5.41) is 11.7. The number of benzene rings is 1. The number of amides is 1. The number of nitrogens with zero attached hydrogens (tertiary/aromatic N) is 3. The Morgan fingerprint density at radius 2 is 1.96 bits per heavy atom. The lowest BCUT2D eigenvalue weighted by Crippen LogP contribution is -2.44. The summed E-state index contributed by atoms with van der Waals surface area (Å²) in [4.78, 5) is 15.1. The molecule has 2 aromatic rings. The Bertz CT molecular complexity index is 787. The molecule has 0 saturated carbocycles. The van der Waals surface area contributed by atoms with Gasteiger partial charge in [0.2, 0.25) is 0 Å². The van der Waals surface area contributed by atoms with Gasteiger partial charge in [0.15, 0.2) is 0 Å². The number of rotatable bonds is 7. The standard InChI is InChI=1S/C20H28ClN5O.ClH/c1-15-19(20(27)23-8-5-11-25-12-9-22-10-13-25)16(2)26(24-15)14-17-6-3-4-7-18(17)21;/h3-4,6-7,22H,5,8-14H2,1-2H3,(H,23,27);1H. The molecule has 1 fully saturated rings. The van der Waals surface area contributed by atoms with E-state index in [1.54, 1.807) is 0 Å². The van der Waals surface area contributed by atoms with Crippen molar-refractivity contribution in [1.29, 1.82) is 0 Å². The predicted octanol–water partition coefficient (Wildman–Crippen LogP) is 2.65. The number of carbonyl (C=O) groups excluding carboxylic acids is 1. The van der Waals surface area contributed by atoms with Gasteiger partial charge in [0.25, 0.3) is 5.91 Å². The summed E-state index contributed by atoms with van der Waals surface area (Å²) in [5.41, 5.74) is 3.28. The monoisotopic (exact) mass is 425 g/mol. The average Bonchev–Trinajstić information content (AvgIpc) is 2.95. The van der Waals surface area contributed by atoms with Crippen LogP contribution in [0.15, 0.2) is 24.3 Å². The molecular formula is C20H29Cl2N5O. The highest BCUT2D eigenvalue weighted by Crippen LogP contribution is 2.19. The van der Waals surface area contributed by atoms with Crippen molar-refractivity contribution in [1.82, 2.24) is 25.3 Å². The lowest BCUT2D eigenvalue weighted by atomic mass is 10.1. The zero-order valence-electron chi connectivity index (χ0n) is 16.5. The zero-order valence-corrected chi connectivity index (χ0v) is 18.1. The molecule has 1 aromatic carbocycles. The fourth-order valence-corrected chi connectivity index (χ4v) is 3.69.